The van der Waals surface area contributed by atoms with E-state index in [1.165, 1.54) is 10.4 Å². The van der Waals surface area contributed by atoms with E-state index in [2.05, 4.69) is 0 Å². The minimum Gasteiger partial charge on any atom is -0.399 e. The van der Waals surface area contributed by atoms with Gasteiger partial charge in [0.25, 0.3) is 0 Å². The highest BCUT2D eigenvalue weighted by atomic mass is 32.2. The maximum Gasteiger partial charge on any atom is 0.243 e. The quantitative estimate of drug-likeness (QED) is 0.864. The Morgan fingerprint density at radius 1 is 1.25 bits per heavy atom. The third-order valence-corrected chi connectivity index (χ3v) is 5.81. The number of nitrogens with two attached hydrogens (primary N) is 1. The molecule has 1 heterocycles. The first kappa shape index (κ1) is 15.0. The summed E-state index contributed by atoms with van der Waals surface area (Å²) in [6, 6.07) is 10.2. The largest absolute Gasteiger partial charge is 0.399 e. The predicted octanol–water partition coefficient (Wildman–Crippen LogP) is 2.93. The van der Waals surface area contributed by atoms with E-state index < -0.39 is 10.0 Å². The molecule has 2 rings (SSSR count). The van der Waals surface area contributed by atoms with Crippen LogP contribution in [-0.2, 0) is 16.6 Å². The molecule has 0 saturated carbocycles. The lowest BCUT2D eigenvalue weighted by atomic mass is 10.3. The number of hydrogen-bond acceptors (Lipinski definition) is 4. The Morgan fingerprint density at radius 3 is 2.55 bits per heavy atom. The summed E-state index contributed by atoms with van der Waals surface area (Å²) in [5, 5.41) is 1.95. The smallest absolute Gasteiger partial charge is 0.243 e. The van der Waals surface area contributed by atoms with E-state index in [9.17, 15) is 8.42 Å². The van der Waals surface area contributed by atoms with Gasteiger partial charge in [-0.3, -0.25) is 0 Å². The van der Waals surface area contributed by atoms with Crippen molar-refractivity contribution in [2.45, 2.75) is 31.3 Å². The minimum atomic E-state index is -3.54. The molecule has 0 aliphatic heterocycles. The van der Waals surface area contributed by atoms with Crippen molar-refractivity contribution < 1.29 is 8.42 Å². The molecule has 0 saturated heterocycles. The topological polar surface area (TPSA) is 63.4 Å². The lowest BCUT2D eigenvalue weighted by molar-refractivity contribution is 0.350. The fourth-order valence-electron chi connectivity index (χ4n) is 1.91. The van der Waals surface area contributed by atoms with E-state index in [0.29, 0.717) is 12.2 Å². The van der Waals surface area contributed by atoms with Crippen molar-refractivity contribution in [1.82, 2.24) is 4.31 Å². The maximum atomic E-state index is 12.7. The molecular formula is C14H18N2O2S2. The third-order valence-electron chi connectivity index (χ3n) is 2.93. The molecule has 108 valence electrons. The molecule has 0 aliphatic rings. The van der Waals surface area contributed by atoms with E-state index in [4.69, 9.17) is 5.73 Å². The van der Waals surface area contributed by atoms with Gasteiger partial charge in [-0.05, 0) is 43.5 Å². The summed E-state index contributed by atoms with van der Waals surface area (Å²) in [6.45, 7) is 4.13. The fraction of sp³-hybridized carbons (Fsp3) is 0.286. The summed E-state index contributed by atoms with van der Waals surface area (Å²) in [4.78, 5) is 1.26. The molecule has 0 atom stereocenters. The van der Waals surface area contributed by atoms with Crippen LogP contribution < -0.4 is 5.73 Å². The number of benzene rings is 1. The number of nitrogens with zero attached hydrogens (tertiary/aromatic N) is 1. The van der Waals surface area contributed by atoms with Gasteiger partial charge in [0.2, 0.25) is 10.0 Å². The molecule has 0 unspecified atom stereocenters. The lowest BCUT2D eigenvalue weighted by Crippen LogP contribution is -2.36. The Balaban J connectivity index is 2.37. The molecule has 0 amide bonds. The molecule has 6 heteroatoms. The summed E-state index contributed by atoms with van der Waals surface area (Å²) in [6.07, 6.45) is 0. The van der Waals surface area contributed by atoms with Gasteiger partial charge in [0.05, 0.1) is 4.90 Å². The molecule has 2 aromatic rings. The highest BCUT2D eigenvalue weighted by Crippen LogP contribution is 2.23. The van der Waals surface area contributed by atoms with E-state index in [-0.39, 0.29) is 10.9 Å². The van der Waals surface area contributed by atoms with Crippen molar-refractivity contribution in [2.75, 3.05) is 5.73 Å². The highest BCUT2D eigenvalue weighted by Gasteiger charge is 2.27. The van der Waals surface area contributed by atoms with Crippen LogP contribution in [0.25, 0.3) is 0 Å². The first-order valence-corrected chi connectivity index (χ1v) is 8.63. The minimum absolute atomic E-state index is 0.122. The second-order valence-corrected chi connectivity index (χ2v) is 7.72. The summed E-state index contributed by atoms with van der Waals surface area (Å²) in [7, 11) is -3.54. The van der Waals surface area contributed by atoms with Crippen LogP contribution in [-0.4, -0.2) is 18.8 Å². The SMILES string of the molecule is CC(C)N(Cc1cccs1)S(=O)(=O)c1cccc(N)c1. The van der Waals surface area contributed by atoms with Gasteiger partial charge in [-0.1, -0.05) is 12.1 Å². The van der Waals surface area contributed by atoms with Gasteiger partial charge >= 0.3 is 0 Å². The van der Waals surface area contributed by atoms with Gasteiger partial charge in [-0.15, -0.1) is 11.3 Å². The van der Waals surface area contributed by atoms with Crippen LogP contribution in [0.5, 0.6) is 0 Å². The monoisotopic (exact) mass is 310 g/mol. The molecule has 0 fully saturated rings. The standard InChI is InChI=1S/C14H18N2O2S2/c1-11(2)16(10-13-6-4-8-19-13)20(17,18)14-7-3-5-12(15)9-14/h3-9,11H,10,15H2,1-2H3. The van der Waals surface area contributed by atoms with Gasteiger partial charge < -0.3 is 5.73 Å². The third kappa shape index (κ3) is 3.20. The normalized spacial score (nSPS) is 12.2. The van der Waals surface area contributed by atoms with Crippen molar-refractivity contribution in [2.24, 2.45) is 0 Å². The number of thiophene rings is 1. The molecule has 0 bridgehead atoms. The zero-order valence-corrected chi connectivity index (χ0v) is 13.1. The van der Waals surface area contributed by atoms with Gasteiger partial charge in [-0.2, -0.15) is 4.31 Å². The zero-order valence-electron chi connectivity index (χ0n) is 11.5. The number of rotatable bonds is 5. The average molecular weight is 310 g/mol. The van der Waals surface area contributed by atoms with E-state index in [1.807, 2.05) is 31.4 Å². The Hall–Kier alpha value is -1.37. The lowest BCUT2D eigenvalue weighted by Gasteiger charge is -2.25. The van der Waals surface area contributed by atoms with Gasteiger partial charge in [0.1, 0.15) is 0 Å². The van der Waals surface area contributed by atoms with Crippen molar-refractivity contribution >= 4 is 27.0 Å². The number of nitrogen functional groups attached to an aromatic ring is 1. The van der Waals surface area contributed by atoms with E-state index in [1.54, 1.807) is 29.5 Å². The van der Waals surface area contributed by atoms with Crippen LogP contribution in [0.15, 0.2) is 46.7 Å². The average Bonchev–Trinajstić information content (AvgIpc) is 2.88. The molecule has 4 nitrogen and oxygen atoms in total. The second kappa shape index (κ2) is 5.95. The molecule has 1 aromatic heterocycles. The maximum absolute atomic E-state index is 12.7. The Bertz CT molecular complexity index is 664. The van der Waals surface area contributed by atoms with Crippen molar-refractivity contribution in [1.29, 1.82) is 0 Å². The number of hydrogen-bond donors (Lipinski definition) is 1. The molecule has 0 aliphatic carbocycles. The van der Waals surface area contributed by atoms with Gasteiger partial charge in [0, 0.05) is 23.2 Å². The molecule has 0 radical (unpaired) electrons. The van der Waals surface area contributed by atoms with E-state index in [0.717, 1.165) is 4.88 Å². The highest BCUT2D eigenvalue weighted by molar-refractivity contribution is 7.89. The Labute approximate surface area is 123 Å². The summed E-state index contributed by atoms with van der Waals surface area (Å²) >= 11 is 1.55. The van der Waals surface area contributed by atoms with Gasteiger partial charge in [-0.25, -0.2) is 8.42 Å². The molecule has 0 spiro atoms. The summed E-state index contributed by atoms with van der Waals surface area (Å²) in [5.74, 6) is 0. The van der Waals surface area contributed by atoms with Crippen molar-refractivity contribution in [3.8, 4) is 0 Å². The van der Waals surface area contributed by atoms with Crippen molar-refractivity contribution in [3.05, 3.63) is 46.7 Å². The zero-order chi connectivity index (χ0) is 14.8. The molecule has 20 heavy (non-hydrogen) atoms. The Kier molecular flexibility index (Phi) is 4.47. The van der Waals surface area contributed by atoms with Crippen LogP contribution in [0.3, 0.4) is 0 Å². The second-order valence-electron chi connectivity index (χ2n) is 4.80. The first-order chi connectivity index (χ1) is 9.41. The molecular weight excluding hydrogens is 292 g/mol. The number of sulfonamides is 1. The van der Waals surface area contributed by atoms with Crippen LogP contribution in [0.4, 0.5) is 5.69 Å². The summed E-state index contributed by atoms with van der Waals surface area (Å²) < 4.78 is 26.9. The fourth-order valence-corrected chi connectivity index (χ4v) is 4.37. The first-order valence-electron chi connectivity index (χ1n) is 6.31. The Morgan fingerprint density at radius 2 is 2.00 bits per heavy atom. The molecule has 1 aromatic carbocycles. The van der Waals surface area contributed by atoms with Crippen LogP contribution in [0, 0.1) is 0 Å². The summed E-state index contributed by atoms with van der Waals surface area (Å²) in [5.41, 5.74) is 6.14. The van der Waals surface area contributed by atoms with Gasteiger partial charge in [0.15, 0.2) is 0 Å². The molecule has 2 N–H and O–H groups in total. The van der Waals surface area contributed by atoms with E-state index >= 15 is 0 Å². The van der Waals surface area contributed by atoms with Crippen LogP contribution in [0.1, 0.15) is 18.7 Å². The number of anilines is 1. The van der Waals surface area contributed by atoms with Crippen LogP contribution in [0.2, 0.25) is 0 Å². The van der Waals surface area contributed by atoms with Crippen molar-refractivity contribution in [3.63, 3.8) is 0 Å². The van der Waals surface area contributed by atoms with Crippen LogP contribution >= 0.6 is 11.3 Å². The predicted molar refractivity (Wildman–Crippen MR) is 83.0 cm³/mol.